The molecule has 0 unspecified atom stereocenters. The lowest BCUT2D eigenvalue weighted by atomic mass is 10.3. The van der Waals surface area contributed by atoms with Gasteiger partial charge < -0.3 is 9.15 Å². The van der Waals surface area contributed by atoms with Gasteiger partial charge in [-0.1, -0.05) is 50.5 Å². The van der Waals surface area contributed by atoms with Crippen molar-refractivity contribution in [3.8, 4) is 5.75 Å². The van der Waals surface area contributed by atoms with Crippen LogP contribution < -0.4 is 9.75 Å². The highest BCUT2D eigenvalue weighted by atomic mass is 79.9. The second-order valence-electron chi connectivity index (χ2n) is 5.94. The van der Waals surface area contributed by atoms with Crippen LogP contribution in [0.15, 0.2) is 68.8 Å². The minimum atomic E-state index is -0.429. The van der Waals surface area contributed by atoms with Gasteiger partial charge in [0.1, 0.15) is 11.5 Å². The Balaban J connectivity index is 1.60. The van der Waals surface area contributed by atoms with Gasteiger partial charge in [0.15, 0.2) is 6.61 Å². The van der Waals surface area contributed by atoms with Crippen LogP contribution in [0.1, 0.15) is 5.76 Å². The maximum Gasteiger partial charge on any atom is 0.287 e. The molecule has 30 heavy (non-hydrogen) atoms. The lowest BCUT2D eigenvalue weighted by molar-refractivity contribution is -0.120. The Morgan fingerprint density at radius 1 is 1.27 bits per heavy atom. The Morgan fingerprint density at radius 2 is 2.13 bits per heavy atom. The Kier molecular flexibility index (Phi) is 6.38. The fourth-order valence-electron chi connectivity index (χ4n) is 2.47. The molecule has 10 heteroatoms. The number of aromatic nitrogens is 1. The van der Waals surface area contributed by atoms with Gasteiger partial charge in [0.05, 0.1) is 27.7 Å². The number of rotatable bonds is 6. The summed E-state index contributed by atoms with van der Waals surface area (Å²) in [6.07, 6.45) is 2.96. The summed E-state index contributed by atoms with van der Waals surface area (Å²) >= 11 is 16.8. The van der Waals surface area contributed by atoms with Gasteiger partial charge in [0.2, 0.25) is 5.13 Å². The number of carbonyl (C=O) groups is 1. The molecule has 152 valence electrons. The smallest absolute Gasteiger partial charge is 0.287 e. The SMILES string of the molecule is O=C(COc1ccc(Cl)cc1Cl)N(/N=C/c1ccco1)c1nc2ccc(Br)cc2s1. The Bertz CT molecular complexity index is 1230. The van der Waals surface area contributed by atoms with Crippen LogP contribution in [-0.4, -0.2) is 23.7 Å². The summed E-state index contributed by atoms with van der Waals surface area (Å²) in [6, 6.07) is 13.9. The van der Waals surface area contributed by atoms with Crippen molar-refractivity contribution in [2.24, 2.45) is 5.10 Å². The highest BCUT2D eigenvalue weighted by Crippen LogP contribution is 2.32. The first-order chi connectivity index (χ1) is 14.5. The van der Waals surface area contributed by atoms with Crippen LogP contribution in [0.5, 0.6) is 5.75 Å². The molecule has 0 aliphatic carbocycles. The fraction of sp³-hybridized carbons (Fsp3) is 0.0500. The number of furan rings is 1. The Morgan fingerprint density at radius 3 is 2.90 bits per heavy atom. The third-order valence-corrected chi connectivity index (χ3v) is 5.86. The van der Waals surface area contributed by atoms with E-state index in [1.165, 1.54) is 28.8 Å². The zero-order chi connectivity index (χ0) is 21.1. The molecule has 4 rings (SSSR count). The summed E-state index contributed by atoms with van der Waals surface area (Å²) in [7, 11) is 0. The van der Waals surface area contributed by atoms with Crippen molar-refractivity contribution in [1.29, 1.82) is 0 Å². The van der Waals surface area contributed by atoms with Crippen molar-refractivity contribution in [2.45, 2.75) is 0 Å². The molecular formula is C20H12BrCl2N3O3S. The van der Waals surface area contributed by atoms with E-state index in [0.717, 1.165) is 14.7 Å². The molecule has 0 aliphatic heterocycles. The van der Waals surface area contributed by atoms with Crippen molar-refractivity contribution in [3.63, 3.8) is 0 Å². The van der Waals surface area contributed by atoms with E-state index >= 15 is 0 Å². The highest BCUT2D eigenvalue weighted by molar-refractivity contribution is 9.10. The van der Waals surface area contributed by atoms with Gasteiger partial charge >= 0.3 is 0 Å². The summed E-state index contributed by atoms with van der Waals surface area (Å²) in [5, 5.41) is 6.65. The van der Waals surface area contributed by atoms with Crippen molar-refractivity contribution < 1.29 is 13.9 Å². The molecule has 0 fully saturated rings. The second-order valence-corrected chi connectivity index (χ2v) is 8.71. The van der Waals surface area contributed by atoms with E-state index in [9.17, 15) is 4.79 Å². The van der Waals surface area contributed by atoms with E-state index in [4.69, 9.17) is 32.4 Å². The number of carbonyl (C=O) groups excluding carboxylic acids is 1. The van der Waals surface area contributed by atoms with Crippen LogP contribution in [0.25, 0.3) is 10.2 Å². The molecule has 4 aromatic rings. The topological polar surface area (TPSA) is 67.9 Å². The van der Waals surface area contributed by atoms with Crippen molar-refractivity contribution in [1.82, 2.24) is 4.98 Å². The molecule has 0 saturated heterocycles. The van der Waals surface area contributed by atoms with Gasteiger partial charge in [0, 0.05) is 9.50 Å². The summed E-state index contributed by atoms with van der Waals surface area (Å²) in [4.78, 5) is 17.5. The zero-order valence-corrected chi connectivity index (χ0v) is 19.0. The largest absolute Gasteiger partial charge is 0.482 e. The number of anilines is 1. The zero-order valence-electron chi connectivity index (χ0n) is 15.1. The number of hydrogen-bond donors (Lipinski definition) is 0. The first kappa shape index (κ1) is 20.9. The van der Waals surface area contributed by atoms with Gasteiger partial charge in [-0.3, -0.25) is 4.79 Å². The number of nitrogens with zero attached hydrogens (tertiary/aromatic N) is 3. The minimum Gasteiger partial charge on any atom is -0.482 e. The molecule has 0 atom stereocenters. The van der Waals surface area contributed by atoms with Crippen LogP contribution >= 0.6 is 50.5 Å². The van der Waals surface area contributed by atoms with Crippen LogP contribution in [0.4, 0.5) is 5.13 Å². The molecule has 0 aliphatic rings. The van der Waals surface area contributed by atoms with Crippen LogP contribution in [0.2, 0.25) is 10.0 Å². The van der Waals surface area contributed by atoms with Crippen molar-refractivity contribution in [2.75, 3.05) is 11.6 Å². The maximum absolute atomic E-state index is 12.9. The van der Waals surface area contributed by atoms with Gasteiger partial charge in [-0.05, 0) is 48.5 Å². The molecule has 0 N–H and O–H groups in total. The van der Waals surface area contributed by atoms with E-state index in [1.54, 1.807) is 30.3 Å². The number of thiazole rings is 1. The van der Waals surface area contributed by atoms with Gasteiger partial charge in [0.25, 0.3) is 5.91 Å². The van der Waals surface area contributed by atoms with Crippen molar-refractivity contribution in [3.05, 3.63) is 75.1 Å². The van der Waals surface area contributed by atoms with E-state index in [-0.39, 0.29) is 6.61 Å². The molecule has 6 nitrogen and oxygen atoms in total. The third-order valence-electron chi connectivity index (χ3n) is 3.85. The second kappa shape index (κ2) is 9.18. The standard InChI is InChI=1S/C20H12BrCl2N3O3S/c21-12-3-5-16-18(8-12)30-20(25-16)26(24-10-14-2-1-7-28-14)19(27)11-29-17-6-4-13(22)9-15(17)23/h1-10H,11H2/b24-10+. The summed E-state index contributed by atoms with van der Waals surface area (Å²) in [6.45, 7) is -0.295. The predicted molar refractivity (Wildman–Crippen MR) is 123 cm³/mol. The number of benzene rings is 2. The van der Waals surface area contributed by atoms with E-state index in [1.807, 2.05) is 18.2 Å². The predicted octanol–water partition coefficient (Wildman–Crippen LogP) is 6.40. The number of fused-ring (bicyclic) bond motifs is 1. The quantitative estimate of drug-likeness (QED) is 0.216. The van der Waals surface area contributed by atoms with Crippen LogP contribution in [0, 0.1) is 0 Å². The lowest BCUT2D eigenvalue weighted by Gasteiger charge is -2.14. The highest BCUT2D eigenvalue weighted by Gasteiger charge is 2.21. The van der Waals surface area contributed by atoms with Gasteiger partial charge in [-0.2, -0.15) is 10.1 Å². The summed E-state index contributed by atoms with van der Waals surface area (Å²) in [5.41, 5.74) is 0.755. The fourth-order valence-corrected chi connectivity index (χ4v) is 4.43. The van der Waals surface area contributed by atoms with Crippen LogP contribution in [-0.2, 0) is 4.79 Å². The molecular weight excluding hydrogens is 513 g/mol. The third kappa shape index (κ3) is 4.84. The first-order valence-electron chi connectivity index (χ1n) is 8.54. The normalized spacial score (nSPS) is 11.3. The average molecular weight is 525 g/mol. The number of amides is 1. The average Bonchev–Trinajstić information content (AvgIpc) is 3.37. The van der Waals surface area contributed by atoms with Crippen molar-refractivity contribution >= 4 is 77.9 Å². The first-order valence-corrected chi connectivity index (χ1v) is 10.9. The molecule has 1 amide bonds. The molecule has 0 radical (unpaired) electrons. The molecule has 0 saturated carbocycles. The van der Waals surface area contributed by atoms with Crippen LogP contribution in [0.3, 0.4) is 0 Å². The molecule has 2 aromatic heterocycles. The lowest BCUT2D eigenvalue weighted by Crippen LogP contribution is -2.30. The Hall–Kier alpha value is -2.39. The monoisotopic (exact) mass is 523 g/mol. The maximum atomic E-state index is 12.9. The minimum absolute atomic E-state index is 0.295. The number of halogens is 3. The molecule has 0 spiro atoms. The van der Waals surface area contributed by atoms with E-state index in [0.29, 0.717) is 26.7 Å². The molecule has 2 heterocycles. The molecule has 0 bridgehead atoms. The number of hydrazone groups is 1. The van der Waals surface area contributed by atoms with E-state index < -0.39 is 5.91 Å². The summed E-state index contributed by atoms with van der Waals surface area (Å²) in [5.74, 6) is 0.415. The Labute approximate surface area is 193 Å². The number of ether oxygens (including phenoxy) is 1. The number of hydrogen-bond acceptors (Lipinski definition) is 6. The summed E-state index contributed by atoms with van der Waals surface area (Å²) < 4.78 is 12.7. The van der Waals surface area contributed by atoms with Gasteiger partial charge in [-0.15, -0.1) is 0 Å². The molecule has 2 aromatic carbocycles. The van der Waals surface area contributed by atoms with E-state index in [2.05, 4.69) is 26.0 Å². The van der Waals surface area contributed by atoms with Gasteiger partial charge in [-0.25, -0.2) is 4.98 Å².